The maximum atomic E-state index is 13.8. The second kappa shape index (κ2) is 8.76. The standard InChI is InChI=1S/C22H21ClF2N2O2/c1-13-4-5-15(11-26-3)9-19(13)27-14(2)8-20(21(23)22(27)28)29-12-16-6-7-17(24)10-18(16)25/h4-10,26H,11-12H2,1-3H3. The average Bonchev–Trinajstić information content (AvgIpc) is 2.67. The number of benzene rings is 2. The summed E-state index contributed by atoms with van der Waals surface area (Å²) in [6.45, 7) is 4.18. The number of nitrogens with zero attached hydrogens (tertiary/aromatic N) is 1. The third-order valence-corrected chi connectivity index (χ3v) is 4.94. The zero-order valence-electron chi connectivity index (χ0n) is 16.4. The van der Waals surface area contributed by atoms with Crippen LogP contribution in [0, 0.1) is 25.5 Å². The summed E-state index contributed by atoms with van der Waals surface area (Å²) < 4.78 is 34.0. The zero-order chi connectivity index (χ0) is 21.1. The van der Waals surface area contributed by atoms with Crippen LogP contribution in [0.4, 0.5) is 8.78 Å². The first-order valence-electron chi connectivity index (χ1n) is 9.05. The quantitative estimate of drug-likeness (QED) is 0.631. The van der Waals surface area contributed by atoms with Gasteiger partial charge in [0.2, 0.25) is 0 Å². The summed E-state index contributed by atoms with van der Waals surface area (Å²) >= 11 is 6.28. The number of rotatable bonds is 6. The Kier molecular flexibility index (Phi) is 6.35. The van der Waals surface area contributed by atoms with Crippen molar-refractivity contribution in [3.05, 3.63) is 91.9 Å². The van der Waals surface area contributed by atoms with Crippen molar-refractivity contribution < 1.29 is 13.5 Å². The van der Waals surface area contributed by atoms with E-state index in [1.54, 1.807) is 13.0 Å². The van der Waals surface area contributed by atoms with E-state index in [4.69, 9.17) is 16.3 Å². The molecule has 0 saturated heterocycles. The third kappa shape index (κ3) is 4.49. The number of hydrogen-bond donors (Lipinski definition) is 1. The van der Waals surface area contributed by atoms with E-state index in [-0.39, 0.29) is 22.9 Å². The highest BCUT2D eigenvalue weighted by Crippen LogP contribution is 2.26. The lowest BCUT2D eigenvalue weighted by Gasteiger charge is -2.17. The fourth-order valence-electron chi connectivity index (χ4n) is 3.09. The Bertz CT molecular complexity index is 1110. The Balaban J connectivity index is 1.97. The first-order valence-corrected chi connectivity index (χ1v) is 9.43. The molecule has 0 unspecified atom stereocenters. The van der Waals surface area contributed by atoms with Crippen LogP contribution >= 0.6 is 11.6 Å². The molecule has 0 aliphatic carbocycles. The van der Waals surface area contributed by atoms with Gasteiger partial charge in [-0.2, -0.15) is 0 Å². The van der Waals surface area contributed by atoms with Crippen molar-refractivity contribution in [1.82, 2.24) is 9.88 Å². The molecule has 0 radical (unpaired) electrons. The fraction of sp³-hybridized carbons (Fsp3) is 0.227. The molecule has 7 heteroatoms. The van der Waals surface area contributed by atoms with Gasteiger partial charge in [0, 0.05) is 29.9 Å². The van der Waals surface area contributed by atoms with Crippen LogP contribution in [0.5, 0.6) is 5.75 Å². The van der Waals surface area contributed by atoms with Crippen LogP contribution in [0.2, 0.25) is 5.02 Å². The van der Waals surface area contributed by atoms with Crippen LogP contribution in [-0.4, -0.2) is 11.6 Å². The molecule has 152 valence electrons. The number of hydrogen-bond acceptors (Lipinski definition) is 3. The minimum Gasteiger partial charge on any atom is -0.487 e. The van der Waals surface area contributed by atoms with Gasteiger partial charge in [0.1, 0.15) is 29.0 Å². The molecule has 3 rings (SSSR count). The molecule has 0 aliphatic heterocycles. The molecule has 3 aromatic rings. The molecule has 0 amide bonds. The van der Waals surface area contributed by atoms with E-state index in [0.29, 0.717) is 12.2 Å². The van der Waals surface area contributed by atoms with Gasteiger partial charge in [0.15, 0.2) is 0 Å². The second-order valence-electron chi connectivity index (χ2n) is 6.78. The molecule has 0 saturated carbocycles. The zero-order valence-corrected chi connectivity index (χ0v) is 17.1. The van der Waals surface area contributed by atoms with E-state index in [1.807, 2.05) is 32.2 Å². The number of aromatic nitrogens is 1. The van der Waals surface area contributed by atoms with Crippen molar-refractivity contribution in [2.75, 3.05) is 7.05 Å². The van der Waals surface area contributed by atoms with Crippen molar-refractivity contribution in [3.63, 3.8) is 0 Å². The van der Waals surface area contributed by atoms with E-state index in [1.165, 1.54) is 10.6 Å². The average molecular weight is 419 g/mol. The van der Waals surface area contributed by atoms with Gasteiger partial charge < -0.3 is 10.1 Å². The molecule has 2 aromatic carbocycles. The van der Waals surface area contributed by atoms with Gasteiger partial charge in [-0.05, 0) is 50.2 Å². The predicted octanol–water partition coefficient (Wildman–Crippen LogP) is 4.68. The Morgan fingerprint density at radius 2 is 1.86 bits per heavy atom. The highest BCUT2D eigenvalue weighted by molar-refractivity contribution is 6.31. The maximum absolute atomic E-state index is 13.8. The maximum Gasteiger partial charge on any atom is 0.277 e. The van der Waals surface area contributed by atoms with Crippen LogP contribution < -0.4 is 15.6 Å². The van der Waals surface area contributed by atoms with Gasteiger partial charge >= 0.3 is 0 Å². The smallest absolute Gasteiger partial charge is 0.277 e. The molecular weight excluding hydrogens is 398 g/mol. The number of ether oxygens (including phenoxy) is 1. The van der Waals surface area contributed by atoms with E-state index < -0.39 is 17.2 Å². The Hall–Kier alpha value is -2.70. The molecule has 0 spiro atoms. The normalized spacial score (nSPS) is 11.0. The summed E-state index contributed by atoms with van der Waals surface area (Å²) in [6.07, 6.45) is 0. The van der Waals surface area contributed by atoms with E-state index in [0.717, 1.165) is 28.9 Å². The van der Waals surface area contributed by atoms with Crippen LogP contribution in [0.25, 0.3) is 5.69 Å². The Morgan fingerprint density at radius 1 is 1.10 bits per heavy atom. The molecule has 1 heterocycles. The molecular formula is C22H21ClF2N2O2. The van der Waals surface area contributed by atoms with Crippen molar-refractivity contribution in [3.8, 4) is 11.4 Å². The summed E-state index contributed by atoms with van der Waals surface area (Å²) in [5, 5.41) is 2.98. The molecule has 1 aromatic heterocycles. The van der Waals surface area contributed by atoms with Crippen molar-refractivity contribution in [2.45, 2.75) is 27.0 Å². The van der Waals surface area contributed by atoms with Gasteiger partial charge in [-0.3, -0.25) is 9.36 Å². The Morgan fingerprint density at radius 3 is 2.55 bits per heavy atom. The van der Waals surface area contributed by atoms with Crippen molar-refractivity contribution in [1.29, 1.82) is 0 Å². The van der Waals surface area contributed by atoms with E-state index in [2.05, 4.69) is 5.32 Å². The van der Waals surface area contributed by atoms with Gasteiger partial charge in [0.05, 0.1) is 5.69 Å². The fourth-order valence-corrected chi connectivity index (χ4v) is 3.28. The van der Waals surface area contributed by atoms with Crippen molar-refractivity contribution in [2.24, 2.45) is 0 Å². The first kappa shape index (κ1) is 21.0. The third-order valence-electron chi connectivity index (χ3n) is 4.59. The highest BCUT2D eigenvalue weighted by atomic mass is 35.5. The lowest BCUT2D eigenvalue weighted by molar-refractivity contribution is 0.298. The number of halogens is 3. The minimum atomic E-state index is -0.719. The Labute approximate surface area is 172 Å². The summed E-state index contributed by atoms with van der Waals surface area (Å²) in [5.41, 5.74) is 3.05. The van der Waals surface area contributed by atoms with E-state index >= 15 is 0 Å². The monoisotopic (exact) mass is 418 g/mol. The highest BCUT2D eigenvalue weighted by Gasteiger charge is 2.16. The summed E-state index contributed by atoms with van der Waals surface area (Å²) in [6, 6.07) is 10.7. The summed E-state index contributed by atoms with van der Waals surface area (Å²) in [7, 11) is 1.85. The summed E-state index contributed by atoms with van der Waals surface area (Å²) in [5.74, 6) is -1.24. The van der Waals surface area contributed by atoms with Gasteiger partial charge in [0.25, 0.3) is 5.56 Å². The predicted molar refractivity (Wildman–Crippen MR) is 110 cm³/mol. The lowest BCUT2D eigenvalue weighted by atomic mass is 10.1. The molecule has 1 N–H and O–H groups in total. The van der Waals surface area contributed by atoms with Gasteiger partial charge in [-0.15, -0.1) is 0 Å². The minimum absolute atomic E-state index is 0.100. The second-order valence-corrected chi connectivity index (χ2v) is 7.16. The number of aryl methyl sites for hydroxylation is 2. The molecule has 0 aliphatic rings. The number of pyridine rings is 1. The van der Waals surface area contributed by atoms with Crippen LogP contribution in [0.1, 0.15) is 22.4 Å². The van der Waals surface area contributed by atoms with Crippen LogP contribution in [0.15, 0.2) is 47.3 Å². The van der Waals surface area contributed by atoms with E-state index in [9.17, 15) is 13.6 Å². The molecule has 0 bridgehead atoms. The van der Waals surface area contributed by atoms with Crippen LogP contribution in [-0.2, 0) is 13.2 Å². The van der Waals surface area contributed by atoms with Crippen molar-refractivity contribution >= 4 is 11.6 Å². The molecule has 4 nitrogen and oxygen atoms in total. The van der Waals surface area contributed by atoms with Gasteiger partial charge in [-0.25, -0.2) is 8.78 Å². The topological polar surface area (TPSA) is 43.3 Å². The van der Waals surface area contributed by atoms with Crippen LogP contribution in [0.3, 0.4) is 0 Å². The molecule has 0 fully saturated rings. The number of nitrogens with one attached hydrogen (secondary N) is 1. The van der Waals surface area contributed by atoms with Gasteiger partial charge in [-0.1, -0.05) is 23.7 Å². The first-order chi connectivity index (χ1) is 13.8. The molecule has 0 atom stereocenters. The molecule has 29 heavy (non-hydrogen) atoms. The lowest BCUT2D eigenvalue weighted by Crippen LogP contribution is -2.23. The largest absolute Gasteiger partial charge is 0.487 e. The SMILES string of the molecule is CNCc1ccc(C)c(-n2c(C)cc(OCc3ccc(F)cc3F)c(Cl)c2=O)c1. The summed E-state index contributed by atoms with van der Waals surface area (Å²) in [4.78, 5) is 13.0.